The number of hydrogen-bond donors (Lipinski definition) is 0. The summed E-state index contributed by atoms with van der Waals surface area (Å²) in [6.45, 7) is 17.7. The molecule has 1 aromatic carbocycles. The molecule has 2 unspecified atom stereocenters. The molecule has 2 saturated carbocycles. The van der Waals surface area contributed by atoms with Gasteiger partial charge in [0, 0.05) is 13.0 Å². The maximum absolute atomic E-state index is 6.26. The van der Waals surface area contributed by atoms with E-state index in [-0.39, 0.29) is 6.29 Å². The number of benzene rings is 1. The highest BCUT2D eigenvalue weighted by Gasteiger charge is 2.46. The van der Waals surface area contributed by atoms with E-state index >= 15 is 0 Å². The van der Waals surface area contributed by atoms with Crippen molar-refractivity contribution in [1.29, 1.82) is 0 Å². The maximum atomic E-state index is 6.26. The highest BCUT2D eigenvalue weighted by Crippen LogP contribution is 2.56. The van der Waals surface area contributed by atoms with Gasteiger partial charge in [-0.1, -0.05) is 60.6 Å². The predicted octanol–water partition coefficient (Wildman–Crippen LogP) is 8.60. The lowest BCUT2D eigenvalue weighted by molar-refractivity contribution is -0.100. The SMILES string of the molecule is CC.CC.CCOC(CC12CCC(CC1)C2)Oc1ccc(C(C)CC(C)C)cc1. The fraction of sp³-hybridized carbons (Fsp3) is 0.778. The fourth-order valence-electron chi connectivity index (χ4n) is 5.14. The van der Waals surface area contributed by atoms with Gasteiger partial charge in [0.1, 0.15) is 5.75 Å². The number of hydrogen-bond acceptors (Lipinski definition) is 2. The highest BCUT2D eigenvalue weighted by molar-refractivity contribution is 5.29. The van der Waals surface area contributed by atoms with Crippen LogP contribution in [-0.4, -0.2) is 12.9 Å². The molecule has 0 aliphatic heterocycles. The summed E-state index contributed by atoms with van der Waals surface area (Å²) in [5.74, 6) is 3.26. The second-order valence-corrected chi connectivity index (χ2v) is 8.95. The molecule has 2 nitrogen and oxygen atoms in total. The van der Waals surface area contributed by atoms with E-state index in [1.807, 2.05) is 27.7 Å². The zero-order chi connectivity index (χ0) is 21.9. The average Bonchev–Trinajstić information content (AvgIpc) is 3.32. The third-order valence-electron chi connectivity index (χ3n) is 6.38. The molecule has 2 aliphatic rings. The summed E-state index contributed by atoms with van der Waals surface area (Å²) in [6, 6.07) is 8.71. The van der Waals surface area contributed by atoms with E-state index in [9.17, 15) is 0 Å². The molecule has 29 heavy (non-hydrogen) atoms. The average molecular weight is 405 g/mol. The van der Waals surface area contributed by atoms with E-state index in [1.54, 1.807) is 0 Å². The smallest absolute Gasteiger partial charge is 0.200 e. The summed E-state index contributed by atoms with van der Waals surface area (Å²) in [6.07, 6.45) is 9.16. The summed E-state index contributed by atoms with van der Waals surface area (Å²) < 4.78 is 12.2. The van der Waals surface area contributed by atoms with Gasteiger partial charge in [-0.3, -0.25) is 0 Å². The van der Waals surface area contributed by atoms with Gasteiger partial charge in [0.05, 0.1) is 0 Å². The maximum Gasteiger partial charge on any atom is 0.200 e. The normalized spacial score (nSPS) is 24.2. The van der Waals surface area contributed by atoms with Crippen molar-refractivity contribution < 1.29 is 9.47 Å². The van der Waals surface area contributed by atoms with Gasteiger partial charge >= 0.3 is 0 Å². The number of rotatable bonds is 9. The second kappa shape index (κ2) is 13.3. The van der Waals surface area contributed by atoms with E-state index < -0.39 is 0 Å². The molecule has 2 bridgehead atoms. The topological polar surface area (TPSA) is 18.5 Å². The first-order valence-electron chi connectivity index (χ1n) is 12.4. The van der Waals surface area contributed by atoms with Crippen LogP contribution in [-0.2, 0) is 4.74 Å². The minimum absolute atomic E-state index is 0.0965. The first-order chi connectivity index (χ1) is 14.0. The van der Waals surface area contributed by atoms with Crippen molar-refractivity contribution in [3.8, 4) is 5.75 Å². The van der Waals surface area contributed by atoms with Crippen LogP contribution in [0.15, 0.2) is 24.3 Å². The summed E-state index contributed by atoms with van der Waals surface area (Å²) in [5, 5.41) is 0. The van der Waals surface area contributed by atoms with Crippen LogP contribution in [0.1, 0.15) is 112 Å². The zero-order valence-electron chi connectivity index (χ0n) is 20.6. The van der Waals surface area contributed by atoms with Gasteiger partial charge in [0.2, 0.25) is 0 Å². The molecular formula is C27H48O2. The molecule has 3 rings (SSSR count). The summed E-state index contributed by atoms with van der Waals surface area (Å²) in [4.78, 5) is 0. The summed E-state index contributed by atoms with van der Waals surface area (Å²) in [7, 11) is 0. The van der Waals surface area contributed by atoms with E-state index in [0.717, 1.165) is 24.0 Å². The lowest BCUT2D eigenvalue weighted by Crippen LogP contribution is -2.29. The van der Waals surface area contributed by atoms with Gasteiger partial charge < -0.3 is 9.47 Å². The van der Waals surface area contributed by atoms with Gasteiger partial charge in [0.15, 0.2) is 6.29 Å². The van der Waals surface area contributed by atoms with Gasteiger partial charge in [-0.05, 0) is 86.3 Å². The van der Waals surface area contributed by atoms with Gasteiger partial charge in [0.25, 0.3) is 0 Å². The molecule has 2 fully saturated rings. The van der Waals surface area contributed by atoms with E-state index in [1.165, 1.54) is 44.1 Å². The van der Waals surface area contributed by atoms with E-state index in [4.69, 9.17) is 9.47 Å². The van der Waals surface area contributed by atoms with Crippen LogP contribution in [0.5, 0.6) is 5.75 Å². The van der Waals surface area contributed by atoms with Crippen LogP contribution in [0.3, 0.4) is 0 Å². The highest BCUT2D eigenvalue weighted by atomic mass is 16.7. The Kier molecular flexibility index (Phi) is 11.9. The van der Waals surface area contributed by atoms with Crippen molar-refractivity contribution in [3.05, 3.63) is 29.8 Å². The monoisotopic (exact) mass is 404 g/mol. The molecule has 0 amide bonds. The molecule has 0 N–H and O–H groups in total. The Balaban J connectivity index is 0.000000989. The number of fused-ring (bicyclic) bond motifs is 2. The Labute approximate surface area is 181 Å². The van der Waals surface area contributed by atoms with Crippen LogP contribution in [0, 0.1) is 17.3 Å². The summed E-state index contributed by atoms with van der Waals surface area (Å²) in [5.41, 5.74) is 1.90. The molecular weight excluding hydrogens is 356 g/mol. The van der Waals surface area contributed by atoms with Crippen molar-refractivity contribution in [2.24, 2.45) is 17.3 Å². The first kappa shape index (κ1) is 26.0. The molecule has 0 radical (unpaired) electrons. The molecule has 2 heteroatoms. The molecule has 2 aliphatic carbocycles. The minimum atomic E-state index is -0.0965. The van der Waals surface area contributed by atoms with E-state index in [2.05, 4.69) is 52.0 Å². The number of ether oxygens (including phenoxy) is 2. The lowest BCUT2D eigenvalue weighted by Gasteiger charge is -2.31. The van der Waals surface area contributed by atoms with Crippen molar-refractivity contribution in [2.45, 2.75) is 113 Å². The second-order valence-electron chi connectivity index (χ2n) is 8.95. The van der Waals surface area contributed by atoms with E-state index in [0.29, 0.717) is 17.9 Å². The van der Waals surface area contributed by atoms with Crippen molar-refractivity contribution in [2.75, 3.05) is 6.61 Å². The molecule has 0 heterocycles. The van der Waals surface area contributed by atoms with Gasteiger partial charge in [-0.25, -0.2) is 0 Å². The lowest BCUT2D eigenvalue weighted by atomic mass is 9.81. The van der Waals surface area contributed by atoms with Gasteiger partial charge in [-0.2, -0.15) is 0 Å². The minimum Gasteiger partial charge on any atom is -0.465 e. The molecule has 1 aromatic rings. The molecule has 2 atom stereocenters. The van der Waals surface area contributed by atoms with Crippen LogP contribution in [0.4, 0.5) is 0 Å². The Morgan fingerprint density at radius 2 is 1.55 bits per heavy atom. The Hall–Kier alpha value is -1.02. The Bertz CT molecular complexity index is 526. The standard InChI is InChI=1S/C23H36O2.2C2H6/c1-5-24-22(16-23-12-10-19(15-23)11-13-23)25-21-8-6-20(7-9-21)18(4)14-17(2)3;2*1-2/h6-9,17-19,22H,5,10-16H2,1-4H3;2*1-2H3. The van der Waals surface area contributed by atoms with Crippen molar-refractivity contribution in [3.63, 3.8) is 0 Å². The molecule has 0 spiro atoms. The van der Waals surface area contributed by atoms with Crippen LogP contribution >= 0.6 is 0 Å². The Morgan fingerprint density at radius 1 is 0.966 bits per heavy atom. The quantitative estimate of drug-likeness (QED) is 0.383. The molecule has 0 aromatic heterocycles. The molecule has 0 saturated heterocycles. The van der Waals surface area contributed by atoms with Gasteiger partial charge in [-0.15, -0.1) is 0 Å². The summed E-state index contributed by atoms with van der Waals surface area (Å²) >= 11 is 0. The third kappa shape index (κ3) is 7.96. The van der Waals surface area contributed by atoms with Crippen LogP contribution in [0.2, 0.25) is 0 Å². The predicted molar refractivity (Wildman–Crippen MR) is 127 cm³/mol. The first-order valence-corrected chi connectivity index (χ1v) is 12.4. The van der Waals surface area contributed by atoms with Crippen LogP contribution in [0.25, 0.3) is 0 Å². The van der Waals surface area contributed by atoms with Crippen molar-refractivity contribution in [1.82, 2.24) is 0 Å². The zero-order valence-corrected chi connectivity index (χ0v) is 20.6. The largest absolute Gasteiger partial charge is 0.465 e. The fourth-order valence-corrected chi connectivity index (χ4v) is 5.14. The van der Waals surface area contributed by atoms with Crippen molar-refractivity contribution >= 4 is 0 Å². The van der Waals surface area contributed by atoms with Crippen LogP contribution < -0.4 is 4.74 Å². The Morgan fingerprint density at radius 3 is 2.00 bits per heavy atom. The molecule has 168 valence electrons. The third-order valence-corrected chi connectivity index (χ3v) is 6.38.